The molecule has 0 spiro atoms. The Bertz CT molecular complexity index is 526. The lowest BCUT2D eigenvalue weighted by Crippen LogP contribution is -2.24. The van der Waals surface area contributed by atoms with E-state index in [9.17, 15) is 0 Å². The largest absolute Gasteiger partial charge is 0.457 e. The Morgan fingerprint density at radius 2 is 2.11 bits per heavy atom. The lowest BCUT2D eigenvalue weighted by atomic mass is 10.0. The van der Waals surface area contributed by atoms with Crippen molar-refractivity contribution < 1.29 is 4.42 Å². The minimum atomic E-state index is 0.202. The van der Waals surface area contributed by atoms with Gasteiger partial charge in [-0.05, 0) is 53.0 Å². The fourth-order valence-corrected chi connectivity index (χ4v) is 2.78. The quantitative estimate of drug-likeness (QED) is 0.801. The molecule has 0 saturated heterocycles. The summed E-state index contributed by atoms with van der Waals surface area (Å²) in [6, 6.07) is 10.2. The van der Waals surface area contributed by atoms with E-state index < -0.39 is 0 Å². The molecule has 0 saturated carbocycles. The molecule has 0 bridgehead atoms. The first-order chi connectivity index (χ1) is 9.22. The second kappa shape index (κ2) is 7.13. The van der Waals surface area contributed by atoms with Gasteiger partial charge in [-0.2, -0.15) is 0 Å². The highest BCUT2D eigenvalue weighted by Gasteiger charge is 2.17. The fraction of sp³-hybridized carbons (Fsp3) is 0.333. The second-order valence-electron chi connectivity index (χ2n) is 4.45. The minimum Gasteiger partial charge on any atom is -0.457 e. The van der Waals surface area contributed by atoms with Crippen molar-refractivity contribution in [2.45, 2.75) is 25.8 Å². The molecule has 102 valence electrons. The highest BCUT2D eigenvalue weighted by atomic mass is 79.9. The van der Waals surface area contributed by atoms with Crippen LogP contribution in [0.1, 0.15) is 30.5 Å². The number of hydrogen-bond donors (Lipinski definition) is 1. The molecule has 2 aromatic rings. The van der Waals surface area contributed by atoms with E-state index in [1.165, 1.54) is 0 Å². The van der Waals surface area contributed by atoms with Crippen molar-refractivity contribution in [1.82, 2.24) is 5.32 Å². The minimum absolute atomic E-state index is 0.202. The van der Waals surface area contributed by atoms with E-state index in [-0.39, 0.29) is 6.04 Å². The van der Waals surface area contributed by atoms with Crippen LogP contribution in [0.25, 0.3) is 0 Å². The predicted octanol–water partition coefficient (Wildman–Crippen LogP) is 4.98. The molecule has 2 nitrogen and oxygen atoms in total. The molecule has 0 aliphatic carbocycles. The van der Waals surface area contributed by atoms with Crippen molar-refractivity contribution in [3.05, 3.63) is 57.4 Å². The summed E-state index contributed by atoms with van der Waals surface area (Å²) in [5.74, 6) is 0. The van der Waals surface area contributed by atoms with E-state index in [1.807, 2.05) is 24.3 Å². The van der Waals surface area contributed by atoms with Crippen LogP contribution in [-0.4, -0.2) is 6.54 Å². The maximum atomic E-state index is 6.24. The topological polar surface area (TPSA) is 25.2 Å². The van der Waals surface area contributed by atoms with Crippen LogP contribution in [0, 0.1) is 0 Å². The van der Waals surface area contributed by atoms with Gasteiger partial charge in [0.05, 0.1) is 6.26 Å². The smallest absolute Gasteiger partial charge is 0.173 e. The number of halogens is 2. The van der Waals surface area contributed by atoms with Crippen molar-refractivity contribution in [2.24, 2.45) is 0 Å². The molecule has 0 radical (unpaired) electrons. The highest BCUT2D eigenvalue weighted by Crippen LogP contribution is 2.29. The first kappa shape index (κ1) is 14.6. The highest BCUT2D eigenvalue weighted by molar-refractivity contribution is 9.10. The van der Waals surface area contributed by atoms with Crippen molar-refractivity contribution >= 4 is 27.5 Å². The van der Waals surface area contributed by atoms with Gasteiger partial charge < -0.3 is 9.73 Å². The van der Waals surface area contributed by atoms with Crippen molar-refractivity contribution in [3.63, 3.8) is 0 Å². The fourth-order valence-electron chi connectivity index (χ4n) is 2.05. The Balaban J connectivity index is 2.19. The molecule has 2 rings (SSSR count). The lowest BCUT2D eigenvalue weighted by Gasteiger charge is -2.18. The van der Waals surface area contributed by atoms with E-state index >= 15 is 0 Å². The van der Waals surface area contributed by atoms with Crippen LogP contribution in [0.2, 0.25) is 5.02 Å². The third-order valence-electron chi connectivity index (χ3n) is 3.04. The lowest BCUT2D eigenvalue weighted by molar-refractivity contribution is 0.498. The van der Waals surface area contributed by atoms with Gasteiger partial charge in [0.25, 0.3) is 0 Å². The SMILES string of the molecule is CCCNC(Cc1ccccc1Cl)c1ccoc1Br. The Hall–Kier alpha value is -0.770. The van der Waals surface area contributed by atoms with Crippen LogP contribution in [0.5, 0.6) is 0 Å². The standard InChI is InChI=1S/C15H17BrClNO/c1-2-8-18-14(12-7-9-19-15(12)16)10-11-5-3-4-6-13(11)17/h3-7,9,14,18H,2,8,10H2,1H3. The van der Waals surface area contributed by atoms with E-state index in [4.69, 9.17) is 16.0 Å². The molecule has 0 amide bonds. The van der Waals surface area contributed by atoms with Gasteiger partial charge in [-0.1, -0.05) is 36.7 Å². The molecular formula is C15H17BrClNO. The number of furan rings is 1. The molecule has 1 aromatic carbocycles. The number of hydrogen-bond acceptors (Lipinski definition) is 2. The summed E-state index contributed by atoms with van der Waals surface area (Å²) < 4.78 is 6.12. The summed E-state index contributed by atoms with van der Waals surface area (Å²) in [5, 5.41) is 4.35. The Morgan fingerprint density at radius 3 is 2.74 bits per heavy atom. The summed E-state index contributed by atoms with van der Waals surface area (Å²) in [4.78, 5) is 0. The zero-order chi connectivity index (χ0) is 13.7. The van der Waals surface area contributed by atoms with E-state index in [0.717, 1.165) is 40.2 Å². The summed E-state index contributed by atoms with van der Waals surface area (Å²) in [5.41, 5.74) is 2.28. The molecule has 1 unspecified atom stereocenters. The number of benzene rings is 1. The molecule has 1 heterocycles. The molecule has 4 heteroatoms. The first-order valence-corrected chi connectivity index (χ1v) is 7.59. The molecule has 0 aliphatic heterocycles. The van der Waals surface area contributed by atoms with Gasteiger partial charge in [-0.25, -0.2) is 0 Å². The molecule has 19 heavy (non-hydrogen) atoms. The Morgan fingerprint density at radius 1 is 1.32 bits per heavy atom. The van der Waals surface area contributed by atoms with Gasteiger partial charge in [0, 0.05) is 16.6 Å². The van der Waals surface area contributed by atoms with Gasteiger partial charge in [0.2, 0.25) is 0 Å². The normalized spacial score (nSPS) is 12.6. The van der Waals surface area contributed by atoms with Gasteiger partial charge in [-0.15, -0.1) is 0 Å². The molecule has 1 aromatic heterocycles. The van der Waals surface area contributed by atoms with Crippen molar-refractivity contribution in [1.29, 1.82) is 0 Å². The zero-order valence-electron chi connectivity index (χ0n) is 10.8. The number of rotatable bonds is 6. The van der Waals surface area contributed by atoms with Crippen LogP contribution in [0.3, 0.4) is 0 Å². The van der Waals surface area contributed by atoms with E-state index in [1.54, 1.807) is 6.26 Å². The zero-order valence-corrected chi connectivity index (χ0v) is 13.2. The van der Waals surface area contributed by atoms with Gasteiger partial charge in [0.1, 0.15) is 0 Å². The van der Waals surface area contributed by atoms with Crippen LogP contribution in [0.15, 0.2) is 45.7 Å². The summed E-state index contributed by atoms with van der Waals surface area (Å²) >= 11 is 9.69. The van der Waals surface area contributed by atoms with Crippen LogP contribution in [-0.2, 0) is 6.42 Å². The third kappa shape index (κ3) is 3.85. The van der Waals surface area contributed by atoms with Crippen LogP contribution < -0.4 is 5.32 Å². The van der Waals surface area contributed by atoms with Crippen molar-refractivity contribution in [2.75, 3.05) is 6.54 Å². The summed E-state index contributed by atoms with van der Waals surface area (Å²) in [6.45, 7) is 3.12. The third-order valence-corrected chi connectivity index (χ3v) is 4.06. The molecule has 0 aliphatic rings. The van der Waals surface area contributed by atoms with Gasteiger partial charge in [-0.3, -0.25) is 0 Å². The Kier molecular flexibility index (Phi) is 5.49. The summed E-state index contributed by atoms with van der Waals surface area (Å²) in [7, 11) is 0. The predicted molar refractivity (Wildman–Crippen MR) is 82.6 cm³/mol. The summed E-state index contributed by atoms with van der Waals surface area (Å²) in [6.07, 6.45) is 3.64. The first-order valence-electron chi connectivity index (χ1n) is 6.42. The van der Waals surface area contributed by atoms with Crippen LogP contribution >= 0.6 is 27.5 Å². The van der Waals surface area contributed by atoms with Crippen molar-refractivity contribution in [3.8, 4) is 0 Å². The average molecular weight is 343 g/mol. The van der Waals surface area contributed by atoms with Crippen LogP contribution in [0.4, 0.5) is 0 Å². The molecule has 1 atom stereocenters. The van der Waals surface area contributed by atoms with Gasteiger partial charge >= 0.3 is 0 Å². The number of nitrogens with one attached hydrogen (secondary N) is 1. The van der Waals surface area contributed by atoms with E-state index in [0.29, 0.717) is 0 Å². The van der Waals surface area contributed by atoms with E-state index in [2.05, 4.69) is 34.2 Å². The monoisotopic (exact) mass is 341 g/mol. The maximum absolute atomic E-state index is 6.24. The molecular weight excluding hydrogens is 326 g/mol. The maximum Gasteiger partial charge on any atom is 0.173 e. The molecule has 0 fully saturated rings. The Labute approximate surface area is 127 Å². The average Bonchev–Trinajstić information content (AvgIpc) is 2.83. The second-order valence-corrected chi connectivity index (χ2v) is 5.58. The van der Waals surface area contributed by atoms with Gasteiger partial charge in [0.15, 0.2) is 4.67 Å². The molecule has 1 N–H and O–H groups in total.